The number of hydrogen-bond donors (Lipinski definition) is 0. The van der Waals surface area contributed by atoms with Crippen LogP contribution in [0.15, 0.2) is 53.7 Å². The van der Waals surface area contributed by atoms with E-state index in [0.29, 0.717) is 17.0 Å². The first-order valence-electron chi connectivity index (χ1n) is 5.22. The zero-order valence-corrected chi connectivity index (χ0v) is 10.4. The molecular weight excluding hydrogens is 234 g/mol. The molecule has 0 aromatic heterocycles. The van der Waals surface area contributed by atoms with Gasteiger partial charge in [0, 0.05) is 24.4 Å². The van der Waals surface area contributed by atoms with Crippen molar-refractivity contribution in [2.45, 2.75) is 13.3 Å². The zero-order valence-electron chi connectivity index (χ0n) is 9.69. The van der Waals surface area contributed by atoms with Crippen LogP contribution in [0.4, 0.5) is 0 Å². The second-order valence-electron chi connectivity index (χ2n) is 3.57. The molecule has 0 aliphatic carbocycles. The Morgan fingerprint density at radius 1 is 1.47 bits per heavy atom. The first kappa shape index (κ1) is 13.4. The van der Waals surface area contributed by atoms with E-state index in [0.717, 1.165) is 5.57 Å². The molecule has 0 fully saturated rings. The monoisotopic (exact) mass is 247 g/mol. The van der Waals surface area contributed by atoms with Gasteiger partial charge in [-0.05, 0) is 25.1 Å². The molecule has 0 atom stereocenters. The summed E-state index contributed by atoms with van der Waals surface area (Å²) < 4.78 is 0. The van der Waals surface area contributed by atoms with E-state index in [1.807, 2.05) is 6.92 Å². The fourth-order valence-electron chi connectivity index (χ4n) is 1.33. The van der Waals surface area contributed by atoms with Gasteiger partial charge < -0.3 is 0 Å². The van der Waals surface area contributed by atoms with Crippen molar-refractivity contribution in [2.24, 2.45) is 4.99 Å². The van der Waals surface area contributed by atoms with Crippen LogP contribution < -0.4 is 0 Å². The summed E-state index contributed by atoms with van der Waals surface area (Å²) in [5.41, 5.74) is 1.49. The topological polar surface area (TPSA) is 29.4 Å². The minimum Gasteiger partial charge on any atom is -0.294 e. The average molecular weight is 248 g/mol. The quantitative estimate of drug-likeness (QED) is 0.570. The summed E-state index contributed by atoms with van der Waals surface area (Å²) in [4.78, 5) is 15.8. The van der Waals surface area contributed by atoms with E-state index < -0.39 is 0 Å². The van der Waals surface area contributed by atoms with Gasteiger partial charge in [0.1, 0.15) is 0 Å². The molecule has 3 heteroatoms. The molecule has 0 bridgehead atoms. The molecule has 1 aromatic rings. The lowest BCUT2D eigenvalue weighted by Gasteiger charge is -2.02. The van der Waals surface area contributed by atoms with Crippen LogP contribution in [-0.2, 0) is 0 Å². The Morgan fingerprint density at radius 2 is 2.18 bits per heavy atom. The van der Waals surface area contributed by atoms with Crippen molar-refractivity contribution in [1.82, 2.24) is 0 Å². The van der Waals surface area contributed by atoms with Crippen molar-refractivity contribution >= 4 is 23.6 Å². The lowest BCUT2D eigenvalue weighted by molar-refractivity contribution is 0.0993. The maximum atomic E-state index is 11.9. The minimum atomic E-state index is 0.0105. The predicted octanol–water partition coefficient (Wildman–Crippen LogP) is 4.07. The van der Waals surface area contributed by atoms with Crippen molar-refractivity contribution in [3.8, 4) is 0 Å². The molecule has 0 aliphatic heterocycles. The molecular formula is C14H14ClNO. The molecule has 0 unspecified atom stereocenters. The van der Waals surface area contributed by atoms with Gasteiger partial charge in [-0.1, -0.05) is 35.9 Å². The maximum Gasteiger partial charge on any atom is 0.168 e. The molecule has 1 rings (SSSR count). The Hall–Kier alpha value is -1.67. The summed E-state index contributed by atoms with van der Waals surface area (Å²) >= 11 is 5.95. The summed E-state index contributed by atoms with van der Waals surface area (Å²) in [5, 5.41) is 0.491. The van der Waals surface area contributed by atoms with E-state index in [1.54, 1.807) is 36.6 Å². The van der Waals surface area contributed by atoms with Gasteiger partial charge in [0.2, 0.25) is 0 Å². The van der Waals surface area contributed by atoms with E-state index in [-0.39, 0.29) is 5.78 Å². The van der Waals surface area contributed by atoms with Gasteiger partial charge in [0.25, 0.3) is 0 Å². The highest BCUT2D eigenvalue weighted by Crippen LogP contribution is 2.18. The van der Waals surface area contributed by atoms with Crippen molar-refractivity contribution in [2.75, 3.05) is 0 Å². The van der Waals surface area contributed by atoms with E-state index in [4.69, 9.17) is 11.6 Å². The molecule has 0 saturated heterocycles. The molecule has 0 heterocycles. The Balaban J connectivity index is 2.73. The van der Waals surface area contributed by atoms with E-state index in [9.17, 15) is 4.79 Å². The van der Waals surface area contributed by atoms with Crippen molar-refractivity contribution in [3.05, 3.63) is 59.3 Å². The number of ketones is 1. The number of allylic oxidation sites excluding steroid dienone is 2. The van der Waals surface area contributed by atoms with Crippen molar-refractivity contribution < 1.29 is 4.79 Å². The Morgan fingerprint density at radius 3 is 2.82 bits per heavy atom. The second kappa shape index (κ2) is 6.81. The van der Waals surface area contributed by atoms with E-state index in [2.05, 4.69) is 11.6 Å². The largest absolute Gasteiger partial charge is 0.294 e. The molecule has 0 spiro atoms. The maximum absolute atomic E-state index is 11.9. The minimum absolute atomic E-state index is 0.0105. The van der Waals surface area contributed by atoms with Crippen molar-refractivity contribution in [1.29, 1.82) is 0 Å². The molecule has 0 saturated carbocycles. The number of rotatable bonds is 5. The van der Waals surface area contributed by atoms with Crippen LogP contribution in [0.3, 0.4) is 0 Å². The highest BCUT2D eigenvalue weighted by Gasteiger charge is 2.09. The van der Waals surface area contributed by atoms with Gasteiger partial charge >= 0.3 is 0 Å². The van der Waals surface area contributed by atoms with Crippen molar-refractivity contribution in [3.63, 3.8) is 0 Å². The van der Waals surface area contributed by atoms with Gasteiger partial charge in [0.15, 0.2) is 5.78 Å². The highest BCUT2D eigenvalue weighted by atomic mass is 35.5. The Kier molecular flexibility index (Phi) is 5.37. The van der Waals surface area contributed by atoms with Crippen LogP contribution >= 0.6 is 11.6 Å². The molecule has 0 aliphatic rings. The predicted molar refractivity (Wildman–Crippen MR) is 72.8 cm³/mol. The highest BCUT2D eigenvalue weighted by molar-refractivity contribution is 6.34. The lowest BCUT2D eigenvalue weighted by Crippen LogP contribution is -2.00. The van der Waals surface area contributed by atoms with Crippen LogP contribution in [0.2, 0.25) is 5.02 Å². The average Bonchev–Trinajstić information content (AvgIpc) is 2.29. The Bertz CT molecular complexity index is 475. The molecule has 0 N–H and O–H groups in total. The second-order valence-corrected chi connectivity index (χ2v) is 3.98. The van der Waals surface area contributed by atoms with Crippen LogP contribution in [0.25, 0.3) is 0 Å². The molecule has 0 radical (unpaired) electrons. The number of hydrogen-bond acceptors (Lipinski definition) is 2. The molecule has 0 amide bonds. The summed E-state index contributed by atoms with van der Waals surface area (Å²) in [6, 6.07) is 7.05. The van der Waals surface area contributed by atoms with E-state index in [1.165, 1.54) is 6.20 Å². The smallest absolute Gasteiger partial charge is 0.168 e. The third-order valence-electron chi connectivity index (χ3n) is 2.16. The molecule has 1 aromatic carbocycles. The Labute approximate surface area is 106 Å². The number of halogens is 1. The van der Waals surface area contributed by atoms with Crippen LogP contribution in [0, 0.1) is 0 Å². The number of aliphatic imine (C=N–C) groups is 1. The van der Waals surface area contributed by atoms with Crippen LogP contribution in [-0.4, -0.2) is 12.0 Å². The third-order valence-corrected chi connectivity index (χ3v) is 2.49. The number of Topliss-reactive ketones (excluding diaryl/α,β-unsaturated/α-hetero) is 1. The fraction of sp³-hybridized carbons (Fsp3) is 0.143. The summed E-state index contributed by atoms with van der Waals surface area (Å²) in [6.07, 6.45) is 5.19. The summed E-state index contributed by atoms with van der Waals surface area (Å²) in [5.74, 6) is 0.0105. The fourth-order valence-corrected chi connectivity index (χ4v) is 1.57. The molecule has 2 nitrogen and oxygen atoms in total. The lowest BCUT2D eigenvalue weighted by atomic mass is 10.0. The van der Waals surface area contributed by atoms with Gasteiger partial charge in [0.05, 0.1) is 5.02 Å². The molecule has 88 valence electrons. The van der Waals surface area contributed by atoms with E-state index >= 15 is 0 Å². The summed E-state index contributed by atoms with van der Waals surface area (Å²) in [6.45, 7) is 5.34. The number of benzene rings is 1. The number of carbonyl (C=O) groups excluding carboxylic acids is 1. The number of carbonyl (C=O) groups is 1. The molecule has 17 heavy (non-hydrogen) atoms. The first-order valence-corrected chi connectivity index (χ1v) is 5.60. The first-order chi connectivity index (χ1) is 8.15. The van der Waals surface area contributed by atoms with Crippen LogP contribution in [0.5, 0.6) is 0 Å². The normalized spacial score (nSPS) is 11.8. The SMILES string of the molecule is C=C/N=C\C=C(/C)CC(=O)c1ccccc1Cl. The standard InChI is InChI=1S/C14H14ClNO/c1-3-16-9-8-11(2)10-14(17)12-6-4-5-7-13(12)15/h3-9H,1,10H2,2H3/b11-8+,16-9-. The van der Waals surface area contributed by atoms with Crippen LogP contribution in [0.1, 0.15) is 23.7 Å². The van der Waals surface area contributed by atoms with Gasteiger partial charge in [-0.2, -0.15) is 0 Å². The third kappa shape index (κ3) is 4.37. The van der Waals surface area contributed by atoms with Gasteiger partial charge in [-0.3, -0.25) is 9.79 Å². The van der Waals surface area contributed by atoms with Gasteiger partial charge in [-0.15, -0.1) is 0 Å². The summed E-state index contributed by atoms with van der Waals surface area (Å²) in [7, 11) is 0. The number of nitrogens with zero attached hydrogens (tertiary/aromatic N) is 1. The zero-order chi connectivity index (χ0) is 12.7. The van der Waals surface area contributed by atoms with Gasteiger partial charge in [-0.25, -0.2) is 0 Å².